The van der Waals surface area contributed by atoms with Crippen molar-refractivity contribution in [3.05, 3.63) is 41.2 Å². The lowest BCUT2D eigenvalue weighted by Gasteiger charge is -2.31. The molecule has 1 atom stereocenters. The van der Waals surface area contributed by atoms with Gasteiger partial charge in [0.2, 0.25) is 0 Å². The van der Waals surface area contributed by atoms with Gasteiger partial charge in [0.25, 0.3) is 5.91 Å². The number of pyridine rings is 1. The average molecular weight is 307 g/mol. The van der Waals surface area contributed by atoms with Gasteiger partial charge in [-0.05, 0) is 11.5 Å². The largest absolute Gasteiger partial charge is 0.394 e. The van der Waals surface area contributed by atoms with E-state index in [9.17, 15) is 4.79 Å². The van der Waals surface area contributed by atoms with Crippen LogP contribution in [0, 0.1) is 0 Å². The average Bonchev–Trinajstić information content (AvgIpc) is 2.54. The zero-order valence-electron chi connectivity index (χ0n) is 11.3. The SMILES string of the molecule is O=C(c1cc2ccccc2c(Cl)n1)N1CCOC(CO)C1. The van der Waals surface area contributed by atoms with Crippen molar-refractivity contribution in [2.45, 2.75) is 6.10 Å². The molecule has 1 unspecified atom stereocenters. The van der Waals surface area contributed by atoms with Gasteiger partial charge in [-0.2, -0.15) is 0 Å². The molecule has 1 amide bonds. The molecule has 0 bridgehead atoms. The molecule has 1 N–H and O–H groups in total. The van der Waals surface area contributed by atoms with Crippen LogP contribution in [0.1, 0.15) is 10.5 Å². The number of rotatable bonds is 2. The molecule has 6 heteroatoms. The van der Waals surface area contributed by atoms with Crippen LogP contribution < -0.4 is 0 Å². The minimum Gasteiger partial charge on any atom is -0.394 e. The Morgan fingerprint density at radius 3 is 3.10 bits per heavy atom. The van der Waals surface area contributed by atoms with Crippen molar-refractivity contribution in [2.24, 2.45) is 0 Å². The molecule has 0 aliphatic carbocycles. The maximum atomic E-state index is 12.5. The lowest BCUT2D eigenvalue weighted by molar-refractivity contribution is -0.0448. The highest BCUT2D eigenvalue weighted by atomic mass is 35.5. The Balaban J connectivity index is 1.91. The number of benzene rings is 1. The Bertz CT molecular complexity index is 677. The van der Waals surface area contributed by atoms with Crippen LogP contribution in [0.2, 0.25) is 5.15 Å². The number of aliphatic hydroxyl groups is 1. The molecular weight excluding hydrogens is 292 g/mol. The van der Waals surface area contributed by atoms with Crippen molar-refractivity contribution in [1.82, 2.24) is 9.88 Å². The highest BCUT2D eigenvalue weighted by molar-refractivity contribution is 6.34. The first-order valence-corrected chi connectivity index (χ1v) is 7.14. The summed E-state index contributed by atoms with van der Waals surface area (Å²) in [6.07, 6.45) is -0.335. The van der Waals surface area contributed by atoms with E-state index in [4.69, 9.17) is 21.4 Å². The fourth-order valence-electron chi connectivity index (χ4n) is 2.44. The molecule has 1 aliphatic heterocycles. The van der Waals surface area contributed by atoms with Gasteiger partial charge in [-0.25, -0.2) is 4.98 Å². The number of hydrogen-bond acceptors (Lipinski definition) is 4. The maximum absolute atomic E-state index is 12.5. The first-order chi connectivity index (χ1) is 10.2. The quantitative estimate of drug-likeness (QED) is 0.858. The second kappa shape index (κ2) is 5.97. The number of aliphatic hydroxyl groups excluding tert-OH is 1. The van der Waals surface area contributed by atoms with Crippen LogP contribution in [0.15, 0.2) is 30.3 Å². The van der Waals surface area contributed by atoms with E-state index in [2.05, 4.69) is 4.98 Å². The van der Waals surface area contributed by atoms with E-state index in [1.54, 1.807) is 11.0 Å². The normalized spacial score (nSPS) is 19.0. The summed E-state index contributed by atoms with van der Waals surface area (Å²) < 4.78 is 5.35. The van der Waals surface area contributed by atoms with E-state index >= 15 is 0 Å². The molecule has 5 nitrogen and oxygen atoms in total. The smallest absolute Gasteiger partial charge is 0.272 e. The van der Waals surface area contributed by atoms with E-state index < -0.39 is 0 Å². The van der Waals surface area contributed by atoms with E-state index in [0.29, 0.717) is 30.5 Å². The Labute approximate surface area is 127 Å². The molecule has 0 radical (unpaired) electrons. The standard InChI is InChI=1S/C15H15ClN2O3/c16-14-12-4-2-1-3-10(12)7-13(17-14)15(20)18-5-6-21-11(8-18)9-19/h1-4,7,11,19H,5-6,8-9H2. The molecule has 1 saturated heterocycles. The first-order valence-electron chi connectivity index (χ1n) is 6.76. The zero-order chi connectivity index (χ0) is 14.8. The minimum atomic E-state index is -0.335. The molecule has 1 aromatic heterocycles. The van der Waals surface area contributed by atoms with Crippen LogP contribution in [-0.2, 0) is 4.74 Å². The summed E-state index contributed by atoms with van der Waals surface area (Å²) in [6.45, 7) is 1.16. The maximum Gasteiger partial charge on any atom is 0.272 e. The summed E-state index contributed by atoms with van der Waals surface area (Å²) in [4.78, 5) is 18.4. The third-order valence-corrected chi connectivity index (χ3v) is 3.83. The number of amides is 1. The number of morpholine rings is 1. The van der Waals surface area contributed by atoms with Crippen LogP contribution in [0.5, 0.6) is 0 Å². The molecule has 2 heterocycles. The Morgan fingerprint density at radius 1 is 1.48 bits per heavy atom. The second-order valence-corrected chi connectivity index (χ2v) is 5.30. The van der Waals surface area contributed by atoms with Crippen LogP contribution in [0.4, 0.5) is 0 Å². The molecule has 3 rings (SSSR count). The van der Waals surface area contributed by atoms with Gasteiger partial charge in [0.15, 0.2) is 0 Å². The minimum absolute atomic E-state index is 0.102. The van der Waals surface area contributed by atoms with E-state index in [0.717, 1.165) is 10.8 Å². The van der Waals surface area contributed by atoms with Gasteiger partial charge >= 0.3 is 0 Å². The van der Waals surface area contributed by atoms with Crippen molar-refractivity contribution in [3.8, 4) is 0 Å². The van der Waals surface area contributed by atoms with Crippen molar-refractivity contribution in [3.63, 3.8) is 0 Å². The number of nitrogens with zero attached hydrogens (tertiary/aromatic N) is 2. The summed E-state index contributed by atoms with van der Waals surface area (Å²) in [7, 11) is 0. The second-order valence-electron chi connectivity index (χ2n) is 4.95. The summed E-state index contributed by atoms with van der Waals surface area (Å²) >= 11 is 6.15. The van der Waals surface area contributed by atoms with Crippen LogP contribution >= 0.6 is 11.6 Å². The van der Waals surface area contributed by atoms with Crippen molar-refractivity contribution >= 4 is 28.3 Å². The number of aromatic nitrogens is 1. The number of carbonyl (C=O) groups excluding carboxylic acids is 1. The molecule has 2 aromatic rings. The van der Waals surface area contributed by atoms with Gasteiger partial charge < -0.3 is 14.7 Å². The highest BCUT2D eigenvalue weighted by Gasteiger charge is 2.25. The lowest BCUT2D eigenvalue weighted by atomic mass is 10.1. The van der Waals surface area contributed by atoms with Gasteiger partial charge in [0, 0.05) is 18.5 Å². The topological polar surface area (TPSA) is 62.7 Å². The van der Waals surface area contributed by atoms with Crippen LogP contribution in [0.3, 0.4) is 0 Å². The molecule has 21 heavy (non-hydrogen) atoms. The molecule has 0 saturated carbocycles. The van der Waals surface area contributed by atoms with Gasteiger partial charge in [0.05, 0.1) is 19.3 Å². The fourth-order valence-corrected chi connectivity index (χ4v) is 2.71. The molecule has 1 aliphatic rings. The fraction of sp³-hybridized carbons (Fsp3) is 0.333. The van der Waals surface area contributed by atoms with Crippen LogP contribution in [0.25, 0.3) is 10.8 Å². The van der Waals surface area contributed by atoms with E-state index in [1.165, 1.54) is 0 Å². The van der Waals surface area contributed by atoms with Gasteiger partial charge in [0.1, 0.15) is 10.8 Å². The zero-order valence-corrected chi connectivity index (χ0v) is 12.1. The summed E-state index contributed by atoms with van der Waals surface area (Å²) in [5.41, 5.74) is 0.317. The number of carbonyl (C=O) groups is 1. The third kappa shape index (κ3) is 2.85. The monoisotopic (exact) mass is 306 g/mol. The number of fused-ring (bicyclic) bond motifs is 1. The predicted molar refractivity (Wildman–Crippen MR) is 79.5 cm³/mol. The predicted octanol–water partition coefficient (Wildman–Crippen LogP) is 1.72. The van der Waals surface area contributed by atoms with Gasteiger partial charge in [-0.15, -0.1) is 0 Å². The lowest BCUT2D eigenvalue weighted by Crippen LogP contribution is -2.47. The molecule has 110 valence electrons. The Kier molecular flexibility index (Phi) is 4.05. The highest BCUT2D eigenvalue weighted by Crippen LogP contribution is 2.23. The van der Waals surface area contributed by atoms with E-state index in [1.807, 2.05) is 24.3 Å². The Morgan fingerprint density at radius 2 is 2.29 bits per heavy atom. The van der Waals surface area contributed by atoms with Crippen molar-refractivity contribution in [1.29, 1.82) is 0 Å². The summed E-state index contributed by atoms with van der Waals surface area (Å²) in [6, 6.07) is 9.28. The van der Waals surface area contributed by atoms with E-state index in [-0.39, 0.29) is 18.6 Å². The first kappa shape index (κ1) is 14.3. The number of ether oxygens (including phenoxy) is 1. The summed E-state index contributed by atoms with van der Waals surface area (Å²) in [5.74, 6) is -0.190. The number of hydrogen-bond donors (Lipinski definition) is 1. The van der Waals surface area contributed by atoms with Gasteiger partial charge in [-0.3, -0.25) is 4.79 Å². The van der Waals surface area contributed by atoms with Gasteiger partial charge in [-0.1, -0.05) is 35.9 Å². The third-order valence-electron chi connectivity index (χ3n) is 3.54. The molecular formula is C15H15ClN2O3. The van der Waals surface area contributed by atoms with Crippen LogP contribution in [-0.4, -0.2) is 53.3 Å². The molecule has 0 spiro atoms. The van der Waals surface area contributed by atoms with Crippen molar-refractivity contribution in [2.75, 3.05) is 26.3 Å². The van der Waals surface area contributed by atoms with Crippen molar-refractivity contribution < 1.29 is 14.6 Å². The Hall–Kier alpha value is -1.69. The number of halogens is 1. The summed E-state index contributed by atoms with van der Waals surface area (Å²) in [5, 5.41) is 11.2. The molecule has 1 aromatic carbocycles. The molecule has 1 fully saturated rings.